The molecule has 1 amide bonds. The molecule has 2 N–H and O–H groups in total. The van der Waals surface area contributed by atoms with Crippen molar-refractivity contribution in [1.82, 2.24) is 10.3 Å². The molecule has 0 radical (unpaired) electrons. The van der Waals surface area contributed by atoms with Gasteiger partial charge in [-0.3, -0.25) is 9.59 Å². The fourth-order valence-electron chi connectivity index (χ4n) is 3.07. The molecular weight excluding hydrogens is 489 g/mol. The summed E-state index contributed by atoms with van der Waals surface area (Å²) in [7, 11) is 0. The van der Waals surface area contributed by atoms with Gasteiger partial charge < -0.3 is 19.8 Å². The molecule has 35 heavy (non-hydrogen) atoms. The first-order chi connectivity index (χ1) is 16.4. The summed E-state index contributed by atoms with van der Waals surface area (Å²) in [5.74, 6) is -1.42. The average Bonchev–Trinajstić information content (AvgIpc) is 2.77. The third-order valence-electron chi connectivity index (χ3n) is 4.61. The topological polar surface area (TPSA) is 80.4 Å². The molecule has 0 aliphatic rings. The zero-order chi connectivity index (χ0) is 25.8. The largest absolute Gasteiger partial charge is 0.435 e. The first kappa shape index (κ1) is 25.6. The van der Waals surface area contributed by atoms with Crippen LogP contribution >= 0.6 is 0 Å². The van der Waals surface area contributed by atoms with Crippen LogP contribution < -0.4 is 20.3 Å². The zero-order valence-electron chi connectivity index (χ0n) is 17.3. The van der Waals surface area contributed by atoms with Crippen molar-refractivity contribution in [3.8, 4) is 11.5 Å². The van der Waals surface area contributed by atoms with Gasteiger partial charge in [-0.25, -0.2) is 0 Å². The Labute approximate surface area is 192 Å². The quantitative estimate of drug-likeness (QED) is 0.418. The fraction of sp³-hybridized carbons (Fsp3) is 0.182. The second kappa shape index (κ2) is 10.5. The summed E-state index contributed by atoms with van der Waals surface area (Å²) in [6.45, 7) is -6.16. The summed E-state index contributed by atoms with van der Waals surface area (Å²) < 4.78 is 96.6. The van der Waals surface area contributed by atoms with Crippen molar-refractivity contribution in [2.45, 2.75) is 25.4 Å². The fourth-order valence-corrected chi connectivity index (χ4v) is 3.07. The highest BCUT2D eigenvalue weighted by atomic mass is 19.4. The summed E-state index contributed by atoms with van der Waals surface area (Å²) in [4.78, 5) is 26.4. The van der Waals surface area contributed by atoms with Crippen LogP contribution in [0.5, 0.6) is 11.5 Å². The smallest absolute Gasteiger partial charge is 0.431 e. The Kier molecular flexibility index (Phi) is 7.67. The van der Waals surface area contributed by atoms with Crippen LogP contribution in [-0.2, 0) is 6.18 Å². The maximum atomic E-state index is 12.8. The molecule has 0 aliphatic heterocycles. The Balaban J connectivity index is 1.94. The lowest BCUT2D eigenvalue weighted by Crippen LogP contribution is -2.34. The minimum absolute atomic E-state index is 0.186. The summed E-state index contributed by atoms with van der Waals surface area (Å²) in [6, 6.07) is 10.2. The molecule has 0 atom stereocenters. The van der Waals surface area contributed by atoms with Crippen molar-refractivity contribution in [3.63, 3.8) is 0 Å². The number of halogens is 7. The maximum Gasteiger partial charge on any atom is 0.431 e. The average molecular weight is 504 g/mol. The number of aromatic nitrogens is 1. The van der Waals surface area contributed by atoms with Gasteiger partial charge in [0.25, 0.3) is 11.5 Å². The van der Waals surface area contributed by atoms with E-state index in [-0.39, 0.29) is 11.5 Å². The third kappa shape index (κ3) is 6.74. The van der Waals surface area contributed by atoms with Gasteiger partial charge in [-0.05, 0) is 47.5 Å². The molecule has 3 aromatic rings. The molecule has 0 bridgehead atoms. The molecule has 0 aliphatic carbocycles. The molecule has 1 heterocycles. The Morgan fingerprint density at radius 3 is 1.60 bits per heavy atom. The highest BCUT2D eigenvalue weighted by Crippen LogP contribution is 2.28. The van der Waals surface area contributed by atoms with Crippen LogP contribution in [0.1, 0.15) is 33.2 Å². The van der Waals surface area contributed by atoms with Crippen molar-refractivity contribution in [3.05, 3.63) is 93.4 Å². The number of hydrogen-bond acceptors (Lipinski definition) is 4. The number of rotatable bonds is 8. The Bertz CT molecular complexity index is 1160. The third-order valence-corrected chi connectivity index (χ3v) is 4.61. The Morgan fingerprint density at radius 2 is 1.23 bits per heavy atom. The lowest BCUT2D eigenvalue weighted by molar-refractivity contribution is -0.141. The summed E-state index contributed by atoms with van der Waals surface area (Å²) >= 11 is 0. The standard InChI is InChI=1S/C22H15F7N2O4/c23-20(24)34-13-5-1-11(2-6-13)17(12-3-7-14(8-4-12)35-21(25)26)31-19(33)15-9-10-16(22(27,28)29)30-18(15)32/h1-10,17,20-21H,(H,30,32)(H,31,33). The first-order valence-electron chi connectivity index (χ1n) is 9.65. The van der Waals surface area contributed by atoms with Crippen molar-refractivity contribution in [2.24, 2.45) is 0 Å². The number of benzene rings is 2. The lowest BCUT2D eigenvalue weighted by atomic mass is 9.98. The number of carbonyl (C=O) groups excluding carboxylic acids is 1. The molecular formula is C22H15F7N2O4. The SMILES string of the molecule is O=C(NC(c1ccc(OC(F)F)cc1)c1ccc(OC(F)F)cc1)c1ccc(C(F)(F)F)[nH]c1=O. The maximum absolute atomic E-state index is 12.8. The normalized spacial score (nSPS) is 11.7. The van der Waals surface area contributed by atoms with Crippen LogP contribution in [0.25, 0.3) is 0 Å². The van der Waals surface area contributed by atoms with Crippen LogP contribution in [0.3, 0.4) is 0 Å². The van der Waals surface area contributed by atoms with E-state index >= 15 is 0 Å². The highest BCUT2D eigenvalue weighted by molar-refractivity contribution is 5.94. The Hall–Kier alpha value is -4.03. The highest BCUT2D eigenvalue weighted by Gasteiger charge is 2.32. The number of aromatic amines is 1. The van der Waals surface area contributed by atoms with Gasteiger partial charge in [-0.1, -0.05) is 24.3 Å². The van der Waals surface area contributed by atoms with Crippen molar-refractivity contribution in [1.29, 1.82) is 0 Å². The van der Waals surface area contributed by atoms with E-state index < -0.39 is 48.2 Å². The lowest BCUT2D eigenvalue weighted by Gasteiger charge is -2.21. The van der Waals surface area contributed by atoms with Crippen LogP contribution in [0.4, 0.5) is 30.7 Å². The summed E-state index contributed by atoms with van der Waals surface area (Å²) in [6.07, 6.45) is -4.83. The van der Waals surface area contributed by atoms with Crippen LogP contribution in [0.2, 0.25) is 0 Å². The van der Waals surface area contributed by atoms with E-state index in [9.17, 15) is 40.3 Å². The number of hydrogen-bond donors (Lipinski definition) is 2. The summed E-state index contributed by atoms with van der Waals surface area (Å²) in [5, 5.41) is 2.47. The monoisotopic (exact) mass is 504 g/mol. The predicted octanol–water partition coefficient (Wildman–Crippen LogP) is 5.12. The van der Waals surface area contributed by atoms with E-state index in [1.165, 1.54) is 48.5 Å². The van der Waals surface area contributed by atoms with Gasteiger partial charge in [0.2, 0.25) is 0 Å². The summed E-state index contributed by atoms with van der Waals surface area (Å²) in [5.41, 5.74) is -2.67. The van der Waals surface area contributed by atoms with Crippen LogP contribution in [-0.4, -0.2) is 24.1 Å². The molecule has 6 nitrogen and oxygen atoms in total. The zero-order valence-corrected chi connectivity index (χ0v) is 17.3. The van der Waals surface area contributed by atoms with E-state index in [0.717, 1.165) is 0 Å². The number of nitrogens with one attached hydrogen (secondary N) is 2. The molecule has 0 spiro atoms. The van der Waals surface area contributed by atoms with Gasteiger partial charge in [0, 0.05) is 0 Å². The molecule has 0 unspecified atom stereocenters. The van der Waals surface area contributed by atoms with Gasteiger partial charge in [-0.2, -0.15) is 30.7 Å². The van der Waals surface area contributed by atoms with E-state index in [2.05, 4.69) is 14.8 Å². The number of pyridine rings is 1. The number of alkyl halides is 7. The first-order valence-corrected chi connectivity index (χ1v) is 9.65. The number of H-pyrrole nitrogens is 1. The van der Waals surface area contributed by atoms with E-state index in [1.807, 2.05) is 0 Å². The van der Waals surface area contributed by atoms with Crippen molar-refractivity contribution in [2.75, 3.05) is 0 Å². The number of ether oxygens (including phenoxy) is 2. The van der Waals surface area contributed by atoms with E-state index in [4.69, 9.17) is 0 Å². The van der Waals surface area contributed by atoms with Gasteiger partial charge >= 0.3 is 19.4 Å². The number of carbonyl (C=O) groups is 1. The second-order valence-electron chi connectivity index (χ2n) is 6.91. The second-order valence-corrected chi connectivity index (χ2v) is 6.91. The Morgan fingerprint density at radius 1 is 0.771 bits per heavy atom. The van der Waals surface area contributed by atoms with Crippen LogP contribution in [0.15, 0.2) is 65.5 Å². The van der Waals surface area contributed by atoms with Crippen LogP contribution in [0, 0.1) is 0 Å². The van der Waals surface area contributed by atoms with Gasteiger partial charge in [0.05, 0.1) is 6.04 Å². The molecule has 0 fully saturated rings. The minimum atomic E-state index is -4.83. The predicted molar refractivity (Wildman–Crippen MR) is 108 cm³/mol. The van der Waals surface area contributed by atoms with E-state index in [0.29, 0.717) is 23.3 Å². The molecule has 0 saturated carbocycles. The molecule has 2 aromatic carbocycles. The molecule has 13 heteroatoms. The minimum Gasteiger partial charge on any atom is -0.435 e. The molecule has 0 saturated heterocycles. The van der Waals surface area contributed by atoms with Gasteiger partial charge in [0.15, 0.2) is 0 Å². The van der Waals surface area contributed by atoms with Crippen molar-refractivity contribution >= 4 is 5.91 Å². The van der Waals surface area contributed by atoms with Crippen molar-refractivity contribution < 1.29 is 45.0 Å². The van der Waals surface area contributed by atoms with E-state index in [1.54, 1.807) is 4.98 Å². The molecule has 1 aromatic heterocycles. The van der Waals surface area contributed by atoms with Gasteiger partial charge in [0.1, 0.15) is 22.8 Å². The molecule has 3 rings (SSSR count). The molecule has 186 valence electrons. The van der Waals surface area contributed by atoms with Gasteiger partial charge in [-0.15, -0.1) is 0 Å². The number of amides is 1.